The molecule has 1 saturated heterocycles. The molecule has 4 rings (SSSR count). The molecule has 3 atom stereocenters. The van der Waals surface area contributed by atoms with Crippen LogP contribution in [0.3, 0.4) is 0 Å². The number of fused-ring (bicyclic) bond motifs is 1. The Hall–Kier alpha value is -3.88. The van der Waals surface area contributed by atoms with Crippen LogP contribution in [0.25, 0.3) is 0 Å². The third-order valence-electron chi connectivity index (χ3n) is 6.36. The highest BCUT2D eigenvalue weighted by molar-refractivity contribution is 6.10. The van der Waals surface area contributed by atoms with Crippen molar-refractivity contribution in [2.24, 2.45) is 17.8 Å². The van der Waals surface area contributed by atoms with Crippen molar-refractivity contribution >= 4 is 29.2 Å². The van der Waals surface area contributed by atoms with Crippen LogP contribution < -0.4 is 0 Å². The average molecular weight is 449 g/mol. The molecule has 1 aliphatic carbocycles. The van der Waals surface area contributed by atoms with E-state index in [1.165, 1.54) is 24.3 Å². The number of amides is 3. The Morgan fingerprint density at radius 1 is 1.00 bits per heavy atom. The van der Waals surface area contributed by atoms with Gasteiger partial charge in [0.2, 0.25) is 0 Å². The van der Waals surface area contributed by atoms with Crippen molar-refractivity contribution in [2.75, 3.05) is 6.54 Å². The van der Waals surface area contributed by atoms with Gasteiger partial charge in [0, 0.05) is 11.6 Å². The highest BCUT2D eigenvalue weighted by Gasteiger charge is 2.53. The molecule has 1 heterocycles. The van der Waals surface area contributed by atoms with Crippen molar-refractivity contribution in [3.63, 3.8) is 0 Å². The fourth-order valence-corrected chi connectivity index (χ4v) is 4.65. The molecule has 2 aliphatic rings. The maximum atomic E-state index is 13.5. The first-order valence-electron chi connectivity index (χ1n) is 10.8. The molecule has 1 aliphatic heterocycles. The van der Waals surface area contributed by atoms with Gasteiger partial charge in [-0.2, -0.15) is 5.01 Å². The number of ketones is 1. The summed E-state index contributed by atoms with van der Waals surface area (Å²) in [5, 5.41) is 13.0. The first-order chi connectivity index (χ1) is 15.8. The quantitative estimate of drug-likeness (QED) is 0.289. The molecule has 170 valence electrons. The molecule has 0 radical (unpaired) electrons. The summed E-state index contributed by atoms with van der Waals surface area (Å²) in [6, 6.07) is 13.4. The number of nitro groups is 1. The third kappa shape index (κ3) is 4.13. The maximum absolute atomic E-state index is 13.5. The number of hydrazine groups is 1. The second kappa shape index (κ2) is 8.93. The van der Waals surface area contributed by atoms with E-state index in [0.717, 1.165) is 16.4 Å². The summed E-state index contributed by atoms with van der Waals surface area (Å²) in [4.78, 5) is 63.8. The monoisotopic (exact) mass is 449 g/mol. The van der Waals surface area contributed by atoms with E-state index < -0.39 is 52.5 Å². The Labute approximate surface area is 190 Å². The zero-order valence-electron chi connectivity index (χ0n) is 18.0. The van der Waals surface area contributed by atoms with Crippen LogP contribution in [0.2, 0.25) is 0 Å². The first kappa shape index (κ1) is 22.3. The number of para-hydroxylation sites is 1. The minimum atomic E-state index is -0.944. The lowest BCUT2D eigenvalue weighted by Crippen LogP contribution is -2.52. The van der Waals surface area contributed by atoms with Crippen molar-refractivity contribution in [2.45, 2.75) is 26.2 Å². The number of imide groups is 1. The predicted octanol–water partition coefficient (Wildman–Crippen LogP) is 3.26. The molecule has 0 bridgehead atoms. The largest absolute Gasteiger partial charge is 0.292 e. The number of nitro benzene ring substituents is 1. The van der Waals surface area contributed by atoms with Gasteiger partial charge in [-0.25, -0.2) is 5.01 Å². The first-order valence-corrected chi connectivity index (χ1v) is 10.8. The van der Waals surface area contributed by atoms with Crippen molar-refractivity contribution in [1.29, 1.82) is 0 Å². The Bertz CT molecular complexity index is 1130. The fourth-order valence-electron chi connectivity index (χ4n) is 4.65. The summed E-state index contributed by atoms with van der Waals surface area (Å²) < 4.78 is 0. The van der Waals surface area contributed by atoms with Gasteiger partial charge in [0.1, 0.15) is 12.1 Å². The van der Waals surface area contributed by atoms with Gasteiger partial charge in [-0.3, -0.25) is 29.3 Å². The second-order valence-corrected chi connectivity index (χ2v) is 8.55. The smallest absolute Gasteiger partial charge is 0.282 e. The van der Waals surface area contributed by atoms with Crippen LogP contribution in [0, 0.1) is 27.9 Å². The Morgan fingerprint density at radius 2 is 1.64 bits per heavy atom. The number of carbonyl (C=O) groups is 4. The van der Waals surface area contributed by atoms with Crippen molar-refractivity contribution in [3.05, 3.63) is 75.8 Å². The molecule has 0 N–H and O–H groups in total. The van der Waals surface area contributed by atoms with E-state index >= 15 is 0 Å². The highest BCUT2D eigenvalue weighted by atomic mass is 16.6. The van der Waals surface area contributed by atoms with Crippen LogP contribution in [0.5, 0.6) is 0 Å². The van der Waals surface area contributed by atoms with Crippen LogP contribution in [0.1, 0.15) is 46.9 Å². The topological polar surface area (TPSA) is 118 Å². The molecule has 2 aromatic rings. The van der Waals surface area contributed by atoms with Crippen LogP contribution in [0.4, 0.5) is 5.69 Å². The van der Waals surface area contributed by atoms with Crippen LogP contribution in [-0.4, -0.2) is 45.0 Å². The maximum Gasteiger partial charge on any atom is 0.282 e. The number of nitrogens with zero attached hydrogens (tertiary/aromatic N) is 3. The van der Waals surface area contributed by atoms with Crippen LogP contribution >= 0.6 is 0 Å². The van der Waals surface area contributed by atoms with Gasteiger partial charge in [0.15, 0.2) is 5.78 Å². The summed E-state index contributed by atoms with van der Waals surface area (Å²) in [6.07, 6.45) is 1.83. The normalized spacial score (nSPS) is 22.1. The minimum absolute atomic E-state index is 0.258. The van der Waals surface area contributed by atoms with Gasteiger partial charge in [-0.1, -0.05) is 49.4 Å². The highest BCUT2D eigenvalue weighted by Crippen LogP contribution is 2.41. The average Bonchev–Trinajstić information content (AvgIpc) is 3.06. The summed E-state index contributed by atoms with van der Waals surface area (Å²) in [5.74, 6) is -3.37. The van der Waals surface area contributed by atoms with Gasteiger partial charge in [-0.15, -0.1) is 0 Å². The van der Waals surface area contributed by atoms with Crippen LogP contribution in [0.15, 0.2) is 54.6 Å². The number of rotatable bonds is 6. The van der Waals surface area contributed by atoms with E-state index in [4.69, 9.17) is 0 Å². The third-order valence-corrected chi connectivity index (χ3v) is 6.36. The Balaban J connectivity index is 1.74. The van der Waals surface area contributed by atoms with Crippen molar-refractivity contribution in [3.8, 4) is 0 Å². The lowest BCUT2D eigenvalue weighted by atomic mass is 9.76. The van der Waals surface area contributed by atoms with E-state index in [9.17, 15) is 29.3 Å². The fraction of sp³-hybridized carbons (Fsp3) is 0.333. The van der Waals surface area contributed by atoms with E-state index in [0.29, 0.717) is 18.4 Å². The zero-order chi connectivity index (χ0) is 23.7. The number of hydrogen-bond acceptors (Lipinski definition) is 6. The Kier molecular flexibility index (Phi) is 6.04. The van der Waals surface area contributed by atoms with Gasteiger partial charge in [0.25, 0.3) is 23.4 Å². The SMILES string of the molecule is C[C@@H]1CC[C@H]2C(=O)N(N(CC(=O)c3ccccc3)C(=O)c3ccccc3[N+](=O)[O-])C(=O)[C@H]2C1. The summed E-state index contributed by atoms with van der Waals surface area (Å²) in [6.45, 7) is 1.41. The minimum Gasteiger partial charge on any atom is -0.292 e. The second-order valence-electron chi connectivity index (χ2n) is 8.55. The molecule has 2 fully saturated rings. The van der Waals surface area contributed by atoms with Crippen molar-refractivity contribution < 1.29 is 24.1 Å². The molecule has 2 aromatic carbocycles. The standard InChI is InChI=1S/C24H23N3O6/c1-15-11-12-17-19(13-15)24(31)26(23(17)30)25(14-21(28)16-7-3-2-4-8-16)22(29)18-9-5-6-10-20(18)27(32)33/h2-10,15,17,19H,11-14H2,1H3/t15-,17-,19+/m1/s1. The number of Topliss-reactive ketones (excluding diaryl/α,β-unsaturated/α-hetero) is 1. The number of hydrogen-bond donors (Lipinski definition) is 0. The predicted molar refractivity (Wildman–Crippen MR) is 117 cm³/mol. The van der Waals surface area contributed by atoms with E-state index in [1.54, 1.807) is 30.3 Å². The van der Waals surface area contributed by atoms with Gasteiger partial charge in [-0.05, 0) is 31.2 Å². The molecule has 1 saturated carbocycles. The van der Waals surface area contributed by atoms with Crippen LogP contribution in [-0.2, 0) is 9.59 Å². The summed E-state index contributed by atoms with van der Waals surface area (Å²) >= 11 is 0. The van der Waals surface area contributed by atoms with Gasteiger partial charge >= 0.3 is 0 Å². The lowest BCUT2D eigenvalue weighted by molar-refractivity contribution is -0.385. The van der Waals surface area contributed by atoms with E-state index in [1.807, 2.05) is 6.92 Å². The molecule has 33 heavy (non-hydrogen) atoms. The Morgan fingerprint density at radius 3 is 2.33 bits per heavy atom. The van der Waals surface area contributed by atoms with E-state index in [2.05, 4.69) is 0 Å². The summed E-state index contributed by atoms with van der Waals surface area (Å²) in [7, 11) is 0. The summed E-state index contributed by atoms with van der Waals surface area (Å²) in [5.41, 5.74) is -0.472. The molecule has 3 amide bonds. The van der Waals surface area contributed by atoms with Crippen molar-refractivity contribution in [1.82, 2.24) is 10.0 Å². The lowest BCUT2D eigenvalue weighted by Gasteiger charge is -2.30. The zero-order valence-corrected chi connectivity index (χ0v) is 18.0. The van der Waals surface area contributed by atoms with Gasteiger partial charge < -0.3 is 0 Å². The molecular weight excluding hydrogens is 426 g/mol. The number of carbonyl (C=O) groups excluding carboxylic acids is 4. The molecule has 0 aromatic heterocycles. The van der Waals surface area contributed by atoms with Gasteiger partial charge in [0.05, 0.1) is 16.8 Å². The molecule has 0 spiro atoms. The molecule has 0 unspecified atom stereocenters. The van der Waals surface area contributed by atoms with E-state index in [-0.39, 0.29) is 11.5 Å². The molecule has 9 heteroatoms. The molecule has 9 nitrogen and oxygen atoms in total. The molecular formula is C24H23N3O6. The number of benzene rings is 2.